The van der Waals surface area contributed by atoms with Gasteiger partial charge in [-0.3, -0.25) is 13.8 Å². The molecule has 1 aromatic carbocycles. The molecule has 0 fully saturated rings. The van der Waals surface area contributed by atoms with Gasteiger partial charge in [0, 0.05) is 40.9 Å². The average Bonchev–Trinajstić information content (AvgIpc) is 2.79. The summed E-state index contributed by atoms with van der Waals surface area (Å²) in [5, 5.41) is 5.71. The van der Waals surface area contributed by atoms with Crippen LogP contribution in [0.2, 0.25) is 5.02 Å². The number of benzene rings is 1. The molecule has 0 saturated heterocycles. The molecule has 11 heteroatoms. The normalized spacial score (nSPS) is 11.5. The van der Waals surface area contributed by atoms with Crippen molar-refractivity contribution in [2.45, 2.75) is 4.90 Å². The highest BCUT2D eigenvalue weighted by Gasteiger charge is 2.19. The molecule has 166 valence electrons. The lowest BCUT2D eigenvalue weighted by Crippen LogP contribution is -2.21. The van der Waals surface area contributed by atoms with Crippen LogP contribution in [0.3, 0.4) is 0 Å². The number of halogens is 1. The first kappa shape index (κ1) is 23.3. The summed E-state index contributed by atoms with van der Waals surface area (Å²) in [5.74, 6) is -0.576. The van der Waals surface area contributed by atoms with E-state index in [1.54, 1.807) is 30.3 Å². The van der Waals surface area contributed by atoms with Crippen molar-refractivity contribution in [1.82, 2.24) is 9.97 Å². The molecule has 2 heterocycles. The lowest BCUT2D eigenvalue weighted by atomic mass is 10.1. The minimum Gasteiger partial charge on any atom is -0.491 e. The van der Waals surface area contributed by atoms with Gasteiger partial charge in [0.05, 0.1) is 16.3 Å². The first-order valence-corrected chi connectivity index (χ1v) is 11.3. The molecule has 0 spiro atoms. The Labute approximate surface area is 191 Å². The largest absolute Gasteiger partial charge is 0.491 e. The van der Waals surface area contributed by atoms with Gasteiger partial charge in [0.15, 0.2) is 5.69 Å². The van der Waals surface area contributed by atoms with Crippen molar-refractivity contribution in [3.05, 3.63) is 71.1 Å². The smallest absolute Gasteiger partial charge is 0.277 e. The van der Waals surface area contributed by atoms with E-state index in [0.717, 1.165) is 0 Å². The van der Waals surface area contributed by atoms with Crippen molar-refractivity contribution in [2.75, 3.05) is 30.0 Å². The average molecular weight is 474 g/mol. The molecule has 2 aromatic heterocycles. The number of carbonyl (C=O) groups is 2. The zero-order valence-corrected chi connectivity index (χ0v) is 18.6. The summed E-state index contributed by atoms with van der Waals surface area (Å²) in [6.45, 7) is 0.418. The maximum absolute atomic E-state index is 13.0. The summed E-state index contributed by atoms with van der Waals surface area (Å²) < 4.78 is 17.4. The van der Waals surface area contributed by atoms with E-state index in [1.807, 2.05) is 0 Å². The second-order valence-electron chi connectivity index (χ2n) is 6.42. The lowest BCUT2D eigenvalue weighted by Gasteiger charge is -2.14. The van der Waals surface area contributed by atoms with Gasteiger partial charge in [-0.2, -0.15) is 0 Å². The molecule has 0 bridgehead atoms. The number of nitrogens with zero attached hydrogens (tertiary/aromatic N) is 2. The Bertz CT molecular complexity index is 1160. The molecule has 1 atom stereocenters. The fourth-order valence-electron chi connectivity index (χ4n) is 2.66. The predicted octanol–water partition coefficient (Wildman–Crippen LogP) is 2.71. The van der Waals surface area contributed by atoms with Crippen molar-refractivity contribution in [3.63, 3.8) is 0 Å². The summed E-state index contributed by atoms with van der Waals surface area (Å²) in [7, 11) is -1.26. The molecule has 3 rings (SSSR count). The van der Waals surface area contributed by atoms with Crippen molar-refractivity contribution in [1.29, 1.82) is 0 Å². The van der Waals surface area contributed by atoms with Crippen LogP contribution in [0.1, 0.15) is 20.8 Å². The fourth-order valence-corrected chi connectivity index (χ4v) is 3.30. The zero-order chi connectivity index (χ0) is 23.1. The van der Waals surface area contributed by atoms with Crippen molar-refractivity contribution < 1.29 is 18.5 Å². The first-order valence-electron chi connectivity index (χ1n) is 9.38. The minimum absolute atomic E-state index is 0.00620. The highest BCUT2D eigenvalue weighted by Crippen LogP contribution is 2.24. The molecule has 0 saturated carbocycles. The van der Waals surface area contributed by atoms with Gasteiger partial charge in [0.2, 0.25) is 0 Å². The standard InChI is InChI=1S/C21H20ClN5O4S/c1-32(30)14-5-6-15(17(11-14)31-10-8-23)20(28)26-16-3-2-9-24-19(16)21(29)27-18-7-4-13(22)12-25-18/h2-7,9,11-12H,8,10,23H2,1H3,(H,26,28)(H,25,27,29). The number of hydrogen-bond acceptors (Lipinski definition) is 7. The van der Waals surface area contributed by atoms with Crippen LogP contribution in [0.25, 0.3) is 0 Å². The monoisotopic (exact) mass is 473 g/mol. The molecule has 0 radical (unpaired) electrons. The number of ether oxygens (including phenoxy) is 1. The Hall–Kier alpha value is -3.34. The maximum Gasteiger partial charge on any atom is 0.277 e. The van der Waals surface area contributed by atoms with E-state index in [4.69, 9.17) is 22.1 Å². The molecule has 1 unspecified atom stereocenters. The Kier molecular flexibility index (Phi) is 7.87. The number of nitrogens with two attached hydrogens (primary N) is 1. The molecular formula is C21H20ClN5O4S. The number of aromatic nitrogens is 2. The van der Waals surface area contributed by atoms with Crippen LogP contribution in [-0.2, 0) is 10.8 Å². The molecule has 0 aliphatic rings. The second-order valence-corrected chi connectivity index (χ2v) is 8.23. The fraction of sp³-hybridized carbons (Fsp3) is 0.143. The predicted molar refractivity (Wildman–Crippen MR) is 123 cm³/mol. The third-order valence-electron chi connectivity index (χ3n) is 4.15. The van der Waals surface area contributed by atoms with Crippen LogP contribution in [0.4, 0.5) is 11.5 Å². The van der Waals surface area contributed by atoms with Crippen LogP contribution >= 0.6 is 11.6 Å². The summed E-state index contributed by atoms with van der Waals surface area (Å²) in [6, 6.07) is 10.9. The zero-order valence-electron chi connectivity index (χ0n) is 17.0. The van der Waals surface area contributed by atoms with E-state index in [1.165, 1.54) is 30.8 Å². The van der Waals surface area contributed by atoms with Crippen LogP contribution in [0.5, 0.6) is 5.75 Å². The van der Waals surface area contributed by atoms with Crippen molar-refractivity contribution in [2.24, 2.45) is 5.73 Å². The summed E-state index contributed by atoms with van der Waals surface area (Å²) >= 11 is 5.81. The molecule has 0 aliphatic heterocycles. The van der Waals surface area contributed by atoms with Gasteiger partial charge in [-0.1, -0.05) is 11.6 Å². The molecule has 2 amide bonds. The van der Waals surface area contributed by atoms with Gasteiger partial charge in [-0.25, -0.2) is 9.97 Å². The number of rotatable bonds is 8. The van der Waals surface area contributed by atoms with Crippen LogP contribution in [-0.4, -0.2) is 45.4 Å². The van der Waals surface area contributed by atoms with E-state index >= 15 is 0 Å². The van der Waals surface area contributed by atoms with Crippen molar-refractivity contribution >= 4 is 45.7 Å². The molecule has 3 aromatic rings. The Morgan fingerprint density at radius 1 is 1.12 bits per heavy atom. The summed E-state index contributed by atoms with van der Waals surface area (Å²) in [6.07, 6.45) is 4.35. The highest BCUT2D eigenvalue weighted by molar-refractivity contribution is 7.84. The van der Waals surface area contributed by atoms with E-state index in [9.17, 15) is 13.8 Å². The van der Waals surface area contributed by atoms with E-state index in [2.05, 4.69) is 20.6 Å². The molecule has 0 aliphatic carbocycles. The molecule has 4 N–H and O–H groups in total. The van der Waals surface area contributed by atoms with Gasteiger partial charge < -0.3 is 21.1 Å². The number of amides is 2. The lowest BCUT2D eigenvalue weighted by molar-refractivity contribution is 0.102. The first-order chi connectivity index (χ1) is 15.4. The Morgan fingerprint density at radius 2 is 1.94 bits per heavy atom. The van der Waals surface area contributed by atoms with Crippen LogP contribution < -0.4 is 21.1 Å². The molecule has 32 heavy (non-hydrogen) atoms. The van der Waals surface area contributed by atoms with Crippen LogP contribution in [0.15, 0.2) is 59.8 Å². The number of carbonyl (C=O) groups excluding carboxylic acids is 2. The van der Waals surface area contributed by atoms with Gasteiger partial charge >= 0.3 is 0 Å². The van der Waals surface area contributed by atoms with E-state index in [0.29, 0.717) is 9.92 Å². The molecular weight excluding hydrogens is 454 g/mol. The van der Waals surface area contributed by atoms with E-state index < -0.39 is 22.6 Å². The second kappa shape index (κ2) is 10.8. The van der Waals surface area contributed by atoms with Gasteiger partial charge in [0.1, 0.15) is 18.2 Å². The maximum atomic E-state index is 13.0. The Balaban J connectivity index is 1.85. The third-order valence-corrected chi connectivity index (χ3v) is 5.29. The minimum atomic E-state index is -1.26. The van der Waals surface area contributed by atoms with Crippen LogP contribution in [0, 0.1) is 0 Å². The number of nitrogens with one attached hydrogen (secondary N) is 2. The van der Waals surface area contributed by atoms with E-state index in [-0.39, 0.29) is 41.7 Å². The summed E-state index contributed by atoms with van der Waals surface area (Å²) in [4.78, 5) is 34.3. The SMILES string of the molecule is CS(=O)c1ccc(C(=O)Nc2cccnc2C(=O)Nc2ccc(Cl)cn2)c(OCCN)c1. The molecule has 9 nitrogen and oxygen atoms in total. The van der Waals surface area contributed by atoms with Crippen molar-refractivity contribution in [3.8, 4) is 5.75 Å². The summed E-state index contributed by atoms with van der Waals surface area (Å²) in [5.41, 5.74) is 5.88. The number of hydrogen-bond donors (Lipinski definition) is 3. The Morgan fingerprint density at radius 3 is 2.62 bits per heavy atom. The van der Waals surface area contributed by atoms with Gasteiger partial charge in [0.25, 0.3) is 11.8 Å². The quantitative estimate of drug-likeness (QED) is 0.457. The van der Waals surface area contributed by atoms with Gasteiger partial charge in [-0.05, 0) is 42.5 Å². The highest BCUT2D eigenvalue weighted by atomic mass is 35.5. The number of pyridine rings is 2. The third kappa shape index (κ3) is 5.88. The topological polar surface area (TPSA) is 136 Å². The van der Waals surface area contributed by atoms with Gasteiger partial charge in [-0.15, -0.1) is 0 Å². The number of anilines is 2.